The van der Waals surface area contributed by atoms with Gasteiger partial charge in [0.15, 0.2) is 0 Å². The fourth-order valence-corrected chi connectivity index (χ4v) is 3.52. The molecule has 26 heavy (non-hydrogen) atoms. The molecule has 0 bridgehead atoms. The molecule has 0 amide bonds. The van der Waals surface area contributed by atoms with E-state index in [1.807, 2.05) is 12.1 Å². The van der Waals surface area contributed by atoms with Gasteiger partial charge in [0.2, 0.25) is 10.0 Å². The van der Waals surface area contributed by atoms with Crippen LogP contribution in [0, 0.1) is 0 Å². The Kier molecular flexibility index (Phi) is 13.5. The number of sulfonamides is 1. The molecule has 0 aromatic heterocycles. The number of aryl methyl sites for hydroxylation is 1. The van der Waals surface area contributed by atoms with Gasteiger partial charge in [-0.3, -0.25) is 4.79 Å². The Hall–Kier alpha value is -0.400. The van der Waals surface area contributed by atoms with Crippen LogP contribution in [0.25, 0.3) is 0 Å². The first-order valence-corrected chi connectivity index (χ1v) is 10.9. The van der Waals surface area contributed by atoms with Gasteiger partial charge in [-0.25, -0.2) is 8.42 Å². The summed E-state index contributed by atoms with van der Waals surface area (Å²) in [6, 6.07) is 8.18. The summed E-state index contributed by atoms with van der Waals surface area (Å²) in [5, 5.41) is 8.61. The van der Waals surface area contributed by atoms with E-state index in [-0.39, 0.29) is 37.4 Å². The monoisotopic (exact) mass is 393 g/mol. The van der Waals surface area contributed by atoms with E-state index in [1.165, 1.54) is 16.1 Å². The minimum Gasteiger partial charge on any atom is -1.00 e. The molecule has 1 aromatic rings. The molecule has 144 valence electrons. The molecule has 1 rings (SSSR count). The van der Waals surface area contributed by atoms with Gasteiger partial charge in [0.05, 0.1) is 6.26 Å². The van der Waals surface area contributed by atoms with Gasteiger partial charge in [-0.1, -0.05) is 50.5 Å². The minimum absolute atomic E-state index is 0. The van der Waals surface area contributed by atoms with E-state index < -0.39 is 16.0 Å². The van der Waals surface area contributed by atoms with E-state index in [2.05, 4.69) is 19.1 Å². The summed E-state index contributed by atoms with van der Waals surface area (Å²) in [5.74, 6) is -0.778. The number of benzene rings is 1. The second kappa shape index (κ2) is 13.7. The van der Waals surface area contributed by atoms with Gasteiger partial charge in [0.1, 0.15) is 0 Å². The summed E-state index contributed by atoms with van der Waals surface area (Å²) in [6.07, 6.45) is 7.86. The van der Waals surface area contributed by atoms with Gasteiger partial charge < -0.3 is 6.53 Å². The molecule has 0 unspecified atom stereocenters. The predicted molar refractivity (Wildman–Crippen MR) is 102 cm³/mol. The Morgan fingerprint density at radius 1 is 1.04 bits per heavy atom. The summed E-state index contributed by atoms with van der Waals surface area (Å²) in [5.41, 5.74) is 2.28. The number of hydrogen-bond donors (Lipinski definition) is 1. The second-order valence-electron chi connectivity index (χ2n) is 6.57. The van der Waals surface area contributed by atoms with Crippen molar-refractivity contribution in [3.8, 4) is 0 Å². The molecule has 0 atom stereocenters. The molecule has 0 saturated carbocycles. The van der Waals surface area contributed by atoms with Crippen LogP contribution in [0.5, 0.6) is 0 Å². The van der Waals surface area contributed by atoms with E-state index in [0.717, 1.165) is 44.1 Å². The molecular weight excluding hydrogens is 361 g/mol. The molecule has 0 fully saturated rings. The quantitative estimate of drug-likeness (QED) is 0.400. The topological polar surface area (TPSA) is 74.7 Å². The zero-order valence-electron chi connectivity index (χ0n) is 17.4. The molecular formula is C19H32NNaO4S. The molecule has 0 aliphatic rings. The standard InChI is InChI=1S/C19H31NO4S.Na.H/c1-3-4-9-17-11-13-18(14-12-17)16-20(25(2,23)24)15-8-6-5-7-10-19(21)22;;/h11-14H,3-10,15-16H2,1-2H3,(H,21,22);;/q;+1;-1. The van der Waals surface area contributed by atoms with Gasteiger partial charge in [0, 0.05) is 19.5 Å². The maximum atomic E-state index is 12.0. The average molecular weight is 394 g/mol. The van der Waals surface area contributed by atoms with Crippen LogP contribution in [0.2, 0.25) is 0 Å². The van der Waals surface area contributed by atoms with Crippen LogP contribution in [-0.2, 0) is 27.8 Å². The number of nitrogens with zero attached hydrogens (tertiary/aromatic N) is 1. The third kappa shape index (κ3) is 11.3. The van der Waals surface area contributed by atoms with Crippen molar-refractivity contribution in [2.75, 3.05) is 12.8 Å². The van der Waals surface area contributed by atoms with E-state index in [0.29, 0.717) is 19.5 Å². The second-order valence-corrected chi connectivity index (χ2v) is 8.56. The van der Waals surface area contributed by atoms with Crippen LogP contribution < -0.4 is 29.6 Å². The first-order chi connectivity index (χ1) is 11.8. The molecule has 0 radical (unpaired) electrons. The van der Waals surface area contributed by atoms with Gasteiger partial charge in [-0.2, -0.15) is 4.31 Å². The van der Waals surface area contributed by atoms with Crippen LogP contribution in [0.4, 0.5) is 0 Å². The number of aliphatic carboxylic acids is 1. The molecule has 0 aliphatic heterocycles. The van der Waals surface area contributed by atoms with Crippen LogP contribution in [0.15, 0.2) is 24.3 Å². The van der Waals surface area contributed by atoms with E-state index >= 15 is 0 Å². The number of carboxylic acid groups (broad SMARTS) is 1. The van der Waals surface area contributed by atoms with Crippen molar-refractivity contribution in [2.45, 2.75) is 64.8 Å². The third-order valence-corrected chi connectivity index (χ3v) is 5.47. The van der Waals surface area contributed by atoms with Gasteiger partial charge >= 0.3 is 35.5 Å². The number of unbranched alkanes of at least 4 members (excludes halogenated alkanes) is 4. The van der Waals surface area contributed by atoms with Crippen LogP contribution in [-0.4, -0.2) is 36.6 Å². The molecule has 7 heteroatoms. The number of rotatable bonds is 13. The van der Waals surface area contributed by atoms with Crippen molar-refractivity contribution in [1.82, 2.24) is 4.31 Å². The molecule has 5 nitrogen and oxygen atoms in total. The minimum atomic E-state index is -3.25. The molecule has 0 aliphatic carbocycles. The third-order valence-electron chi connectivity index (χ3n) is 4.22. The van der Waals surface area contributed by atoms with Crippen LogP contribution in [0.1, 0.15) is 64.4 Å². The predicted octanol–water partition coefficient (Wildman–Crippen LogP) is 0.942. The van der Waals surface area contributed by atoms with Crippen molar-refractivity contribution >= 4 is 16.0 Å². The Morgan fingerprint density at radius 2 is 1.62 bits per heavy atom. The van der Waals surface area contributed by atoms with Crippen LogP contribution in [0.3, 0.4) is 0 Å². The Morgan fingerprint density at radius 3 is 2.15 bits per heavy atom. The number of carboxylic acids is 1. The summed E-state index contributed by atoms with van der Waals surface area (Å²) in [7, 11) is -3.25. The summed E-state index contributed by atoms with van der Waals surface area (Å²) >= 11 is 0. The SMILES string of the molecule is CCCCc1ccc(CN(CCCCCCC(=O)O)S(C)(=O)=O)cc1.[H-].[Na+]. The fraction of sp³-hybridized carbons (Fsp3) is 0.632. The van der Waals surface area contributed by atoms with Gasteiger partial charge in [0.25, 0.3) is 0 Å². The normalized spacial score (nSPS) is 11.3. The van der Waals surface area contributed by atoms with Crippen molar-refractivity contribution in [1.29, 1.82) is 0 Å². The first-order valence-electron chi connectivity index (χ1n) is 9.07. The van der Waals surface area contributed by atoms with E-state index in [1.54, 1.807) is 0 Å². The maximum absolute atomic E-state index is 12.0. The number of carbonyl (C=O) groups is 1. The summed E-state index contributed by atoms with van der Waals surface area (Å²) in [6.45, 7) is 3.03. The van der Waals surface area contributed by atoms with Gasteiger partial charge in [-0.15, -0.1) is 0 Å². The van der Waals surface area contributed by atoms with Crippen molar-refractivity contribution in [3.05, 3.63) is 35.4 Å². The number of hydrogen-bond acceptors (Lipinski definition) is 3. The largest absolute Gasteiger partial charge is 1.00 e. The first kappa shape index (κ1) is 25.6. The smallest absolute Gasteiger partial charge is 1.00 e. The van der Waals surface area contributed by atoms with Gasteiger partial charge in [-0.05, 0) is 36.8 Å². The zero-order valence-corrected chi connectivity index (χ0v) is 19.2. The Balaban J connectivity index is 0. The van der Waals surface area contributed by atoms with Crippen molar-refractivity contribution < 1.29 is 49.3 Å². The van der Waals surface area contributed by atoms with Crippen LogP contribution >= 0.6 is 0 Å². The summed E-state index contributed by atoms with van der Waals surface area (Å²) in [4.78, 5) is 10.5. The molecule has 1 aromatic carbocycles. The Bertz CT molecular complexity index is 623. The van der Waals surface area contributed by atoms with E-state index in [9.17, 15) is 13.2 Å². The van der Waals surface area contributed by atoms with Crippen molar-refractivity contribution in [2.24, 2.45) is 0 Å². The average Bonchev–Trinajstić information content (AvgIpc) is 2.54. The molecule has 0 saturated heterocycles. The fourth-order valence-electron chi connectivity index (χ4n) is 2.68. The molecule has 0 heterocycles. The Labute approximate surface area is 182 Å². The summed E-state index contributed by atoms with van der Waals surface area (Å²) < 4.78 is 25.5. The van der Waals surface area contributed by atoms with Crippen molar-refractivity contribution in [3.63, 3.8) is 0 Å². The molecule has 0 spiro atoms. The van der Waals surface area contributed by atoms with E-state index in [4.69, 9.17) is 5.11 Å². The zero-order chi connectivity index (χ0) is 18.7. The maximum Gasteiger partial charge on any atom is 1.00 e. The molecule has 1 N–H and O–H groups in total.